The van der Waals surface area contributed by atoms with Crippen LogP contribution in [-0.2, 0) is 27.0 Å². The van der Waals surface area contributed by atoms with Crippen LogP contribution >= 0.6 is 0 Å². The Bertz CT molecular complexity index is 1140. The van der Waals surface area contributed by atoms with Crippen molar-refractivity contribution in [2.75, 3.05) is 31.1 Å². The maximum absolute atomic E-state index is 13.7. The first kappa shape index (κ1) is 28.0. The molecule has 9 heteroatoms. The van der Waals surface area contributed by atoms with Gasteiger partial charge in [-0.3, -0.25) is 14.5 Å². The number of carbonyl (C=O) groups is 2. The number of benzene rings is 2. The molecule has 4 rings (SSSR count). The van der Waals surface area contributed by atoms with E-state index in [2.05, 4.69) is 4.90 Å². The summed E-state index contributed by atoms with van der Waals surface area (Å²) >= 11 is 0. The molecule has 0 saturated carbocycles. The molecule has 0 spiro atoms. The molecule has 2 aliphatic heterocycles. The molecule has 2 aromatic carbocycles. The molecule has 0 amide bonds. The van der Waals surface area contributed by atoms with Crippen molar-refractivity contribution in [3.05, 3.63) is 65.2 Å². The average Bonchev–Trinajstić information content (AvgIpc) is 3.27. The van der Waals surface area contributed by atoms with E-state index in [1.807, 2.05) is 35.2 Å². The first-order valence-corrected chi connectivity index (χ1v) is 13.0. The topological polar surface area (TPSA) is 70.1 Å². The lowest BCUT2D eigenvalue weighted by atomic mass is 9.86. The second kappa shape index (κ2) is 11.0. The van der Waals surface area contributed by atoms with Gasteiger partial charge in [0.1, 0.15) is 5.60 Å². The molecule has 2 aliphatic rings. The number of hydrogen-bond acceptors (Lipinski definition) is 5. The van der Waals surface area contributed by atoms with Crippen LogP contribution in [0, 0.1) is 11.8 Å². The van der Waals surface area contributed by atoms with Crippen molar-refractivity contribution in [2.24, 2.45) is 11.8 Å². The Labute approximate surface area is 221 Å². The van der Waals surface area contributed by atoms with Crippen molar-refractivity contribution < 1.29 is 32.6 Å². The zero-order valence-corrected chi connectivity index (χ0v) is 22.0. The number of piperidine rings is 1. The number of carboxylic acids is 1. The molecule has 0 bridgehead atoms. The van der Waals surface area contributed by atoms with Gasteiger partial charge in [0.2, 0.25) is 0 Å². The van der Waals surface area contributed by atoms with Crippen LogP contribution in [0.4, 0.5) is 18.9 Å². The molecule has 0 aliphatic carbocycles. The van der Waals surface area contributed by atoms with Crippen LogP contribution < -0.4 is 4.90 Å². The normalized spacial score (nSPS) is 21.5. The summed E-state index contributed by atoms with van der Waals surface area (Å²) in [6.07, 6.45) is -3.61. The summed E-state index contributed by atoms with van der Waals surface area (Å²) < 4.78 is 46.6. The molecule has 2 atom stereocenters. The van der Waals surface area contributed by atoms with E-state index in [0.717, 1.165) is 17.7 Å². The molecule has 1 N–H and O–H groups in total. The van der Waals surface area contributed by atoms with Crippen LogP contribution in [0.3, 0.4) is 0 Å². The number of likely N-dealkylation sites (tertiary alicyclic amines) is 1. The van der Waals surface area contributed by atoms with E-state index in [4.69, 9.17) is 4.74 Å². The van der Waals surface area contributed by atoms with Crippen molar-refractivity contribution in [3.8, 4) is 0 Å². The van der Waals surface area contributed by atoms with Crippen LogP contribution in [0.2, 0.25) is 0 Å². The van der Waals surface area contributed by atoms with Gasteiger partial charge in [-0.25, -0.2) is 0 Å². The van der Waals surface area contributed by atoms with E-state index in [0.29, 0.717) is 56.8 Å². The highest BCUT2D eigenvalue weighted by Gasteiger charge is 2.41. The molecule has 0 radical (unpaired) electrons. The fraction of sp³-hybridized carbons (Fsp3) is 0.517. The Morgan fingerprint density at radius 2 is 1.66 bits per heavy atom. The second-order valence-electron chi connectivity index (χ2n) is 11.3. The summed E-state index contributed by atoms with van der Waals surface area (Å²) in [6, 6.07) is 13.3. The summed E-state index contributed by atoms with van der Waals surface area (Å²) in [6.45, 7) is 7.49. The van der Waals surface area contributed by atoms with Crippen molar-refractivity contribution >= 4 is 17.6 Å². The third-order valence-corrected chi connectivity index (χ3v) is 7.29. The van der Waals surface area contributed by atoms with Gasteiger partial charge in [-0.05, 0) is 56.9 Å². The van der Waals surface area contributed by atoms with Gasteiger partial charge in [0.05, 0.1) is 17.4 Å². The molecule has 2 aromatic rings. The maximum Gasteiger partial charge on any atom is 0.416 e. The lowest BCUT2D eigenvalue weighted by molar-refractivity contribution is -0.160. The number of aliphatic carboxylic acids is 1. The number of alkyl halides is 3. The number of carbonyl (C=O) groups excluding carboxylic acids is 1. The van der Waals surface area contributed by atoms with Gasteiger partial charge < -0.3 is 14.7 Å². The average molecular weight is 533 g/mol. The summed E-state index contributed by atoms with van der Waals surface area (Å²) in [5.41, 5.74) is 0.685. The standard InChI is InChI=1S/C29H35F3N2O4/c1-28(2,3)38-27(37)20-11-13-34(14-12-20)25-15-21(29(30,31)32)9-10-22(25)23-17-33(18-24(23)26(35)36)16-19-7-5-4-6-8-19/h4-10,15,20,23-24H,11-14,16-18H2,1-3H3,(H,35,36)/t23-,24+/m0/s1. The monoisotopic (exact) mass is 532 g/mol. The molecule has 2 heterocycles. The van der Waals surface area contributed by atoms with E-state index in [1.165, 1.54) is 6.07 Å². The summed E-state index contributed by atoms with van der Waals surface area (Å²) in [4.78, 5) is 28.7. The first-order chi connectivity index (χ1) is 17.8. The minimum absolute atomic E-state index is 0.292. The number of rotatable bonds is 6. The zero-order chi connectivity index (χ0) is 27.7. The lowest BCUT2D eigenvalue weighted by Gasteiger charge is -2.36. The quantitative estimate of drug-likeness (QED) is 0.491. The number of nitrogens with zero attached hydrogens (tertiary/aromatic N) is 2. The Morgan fingerprint density at radius 1 is 1.00 bits per heavy atom. The molecular weight excluding hydrogens is 497 g/mol. The SMILES string of the molecule is CC(C)(C)OC(=O)C1CCN(c2cc(C(F)(F)F)ccc2[C@@H]2CN(Cc3ccccc3)C[C@H]2C(=O)O)CC1. The highest BCUT2D eigenvalue weighted by Crippen LogP contribution is 2.42. The van der Waals surface area contributed by atoms with Crippen molar-refractivity contribution in [2.45, 2.75) is 57.9 Å². The molecule has 0 aromatic heterocycles. The van der Waals surface area contributed by atoms with Gasteiger partial charge in [-0.1, -0.05) is 36.4 Å². The fourth-order valence-electron chi connectivity index (χ4n) is 5.47. The Morgan fingerprint density at radius 3 is 2.24 bits per heavy atom. The summed E-state index contributed by atoms with van der Waals surface area (Å²) in [5, 5.41) is 10.0. The third kappa shape index (κ3) is 6.67. The van der Waals surface area contributed by atoms with Crippen molar-refractivity contribution in [3.63, 3.8) is 0 Å². The smallest absolute Gasteiger partial charge is 0.416 e. The number of esters is 1. The summed E-state index contributed by atoms with van der Waals surface area (Å²) in [5.74, 6) is -2.77. The van der Waals surface area contributed by atoms with Crippen molar-refractivity contribution in [1.29, 1.82) is 0 Å². The van der Waals surface area contributed by atoms with Gasteiger partial charge in [0.15, 0.2) is 0 Å². The van der Waals surface area contributed by atoms with E-state index < -0.39 is 35.1 Å². The number of anilines is 1. The van der Waals surface area contributed by atoms with Crippen LogP contribution in [0.15, 0.2) is 48.5 Å². The number of halogens is 3. The molecule has 6 nitrogen and oxygen atoms in total. The zero-order valence-electron chi connectivity index (χ0n) is 22.0. The van der Waals surface area contributed by atoms with E-state index in [9.17, 15) is 27.9 Å². The van der Waals surface area contributed by atoms with Gasteiger partial charge in [0, 0.05) is 44.3 Å². The summed E-state index contributed by atoms with van der Waals surface area (Å²) in [7, 11) is 0. The van der Waals surface area contributed by atoms with Crippen LogP contribution in [0.1, 0.15) is 56.2 Å². The molecule has 2 fully saturated rings. The first-order valence-electron chi connectivity index (χ1n) is 13.0. The Hall–Kier alpha value is -3.07. The third-order valence-electron chi connectivity index (χ3n) is 7.29. The number of carboxylic acid groups (broad SMARTS) is 1. The van der Waals surface area contributed by atoms with E-state index in [1.54, 1.807) is 20.8 Å². The second-order valence-corrected chi connectivity index (χ2v) is 11.3. The Kier molecular flexibility index (Phi) is 8.06. The van der Waals surface area contributed by atoms with Crippen LogP contribution in [-0.4, -0.2) is 53.7 Å². The number of ether oxygens (including phenoxy) is 1. The van der Waals surface area contributed by atoms with E-state index >= 15 is 0 Å². The van der Waals surface area contributed by atoms with Crippen LogP contribution in [0.5, 0.6) is 0 Å². The molecule has 2 saturated heterocycles. The van der Waals surface area contributed by atoms with Gasteiger partial charge in [0.25, 0.3) is 0 Å². The molecular formula is C29H35F3N2O4. The fourth-order valence-corrected chi connectivity index (χ4v) is 5.47. The lowest BCUT2D eigenvalue weighted by Crippen LogP contribution is -2.39. The minimum atomic E-state index is -4.52. The highest BCUT2D eigenvalue weighted by molar-refractivity contribution is 5.75. The molecule has 206 valence electrons. The minimum Gasteiger partial charge on any atom is -0.481 e. The predicted molar refractivity (Wildman–Crippen MR) is 138 cm³/mol. The van der Waals surface area contributed by atoms with Gasteiger partial charge in [-0.15, -0.1) is 0 Å². The largest absolute Gasteiger partial charge is 0.481 e. The maximum atomic E-state index is 13.7. The molecule has 0 unspecified atom stereocenters. The van der Waals surface area contributed by atoms with Crippen molar-refractivity contribution in [1.82, 2.24) is 4.90 Å². The van der Waals surface area contributed by atoms with Gasteiger partial charge in [-0.2, -0.15) is 13.2 Å². The predicted octanol–water partition coefficient (Wildman–Crippen LogP) is 5.56. The van der Waals surface area contributed by atoms with Crippen LogP contribution in [0.25, 0.3) is 0 Å². The highest BCUT2D eigenvalue weighted by atomic mass is 19.4. The van der Waals surface area contributed by atoms with Gasteiger partial charge >= 0.3 is 18.1 Å². The van der Waals surface area contributed by atoms with E-state index in [-0.39, 0.29) is 11.9 Å². The molecule has 38 heavy (non-hydrogen) atoms. The number of hydrogen-bond donors (Lipinski definition) is 1. The Balaban J connectivity index is 1.60.